The molecule has 0 spiro atoms. The van der Waals surface area contributed by atoms with Gasteiger partial charge in [-0.15, -0.1) is 11.3 Å². The van der Waals surface area contributed by atoms with Crippen molar-refractivity contribution in [2.45, 2.75) is 61.7 Å². The molecule has 1 aromatic heterocycles. The SMILES string of the molecule is CCOC(=O)Cc1csc(NC(=O)C(Oc2cccc(F)c2F)c2ccc(S(=O)(=O)C3CCCCC3)cc2)n1. The van der Waals surface area contributed by atoms with Crippen LogP contribution in [0.2, 0.25) is 0 Å². The number of aromatic nitrogens is 1. The van der Waals surface area contributed by atoms with E-state index in [4.69, 9.17) is 9.47 Å². The zero-order chi connectivity index (χ0) is 28.0. The average molecular weight is 579 g/mol. The van der Waals surface area contributed by atoms with E-state index in [1.807, 2.05) is 0 Å². The molecule has 8 nitrogen and oxygen atoms in total. The van der Waals surface area contributed by atoms with Crippen molar-refractivity contribution in [1.29, 1.82) is 0 Å². The number of nitrogens with zero attached hydrogens (tertiary/aromatic N) is 1. The topological polar surface area (TPSA) is 112 Å². The van der Waals surface area contributed by atoms with Gasteiger partial charge in [0.2, 0.25) is 11.9 Å². The van der Waals surface area contributed by atoms with E-state index in [9.17, 15) is 26.8 Å². The van der Waals surface area contributed by atoms with Crippen LogP contribution in [0.4, 0.5) is 13.9 Å². The van der Waals surface area contributed by atoms with E-state index in [-0.39, 0.29) is 28.6 Å². The molecule has 4 rings (SSSR count). The Hall–Kier alpha value is -3.38. The van der Waals surface area contributed by atoms with Crippen LogP contribution in [0.15, 0.2) is 52.7 Å². The largest absolute Gasteiger partial charge is 0.473 e. The predicted octanol–water partition coefficient (Wildman–Crippen LogP) is 5.39. The van der Waals surface area contributed by atoms with Crippen LogP contribution in [-0.4, -0.2) is 37.1 Å². The highest BCUT2D eigenvalue weighted by Crippen LogP contribution is 2.31. The van der Waals surface area contributed by atoms with Gasteiger partial charge in [-0.05, 0) is 44.0 Å². The highest BCUT2D eigenvalue weighted by Gasteiger charge is 2.30. The summed E-state index contributed by atoms with van der Waals surface area (Å²) in [5.74, 6) is -4.12. The Labute approximate surface area is 229 Å². The third kappa shape index (κ3) is 6.99. The number of benzene rings is 2. The smallest absolute Gasteiger partial charge is 0.311 e. The number of halogens is 2. The van der Waals surface area contributed by atoms with Crippen molar-refractivity contribution in [3.8, 4) is 5.75 Å². The van der Waals surface area contributed by atoms with Gasteiger partial charge in [-0.25, -0.2) is 17.8 Å². The van der Waals surface area contributed by atoms with Crippen LogP contribution in [0, 0.1) is 11.6 Å². The van der Waals surface area contributed by atoms with E-state index in [1.165, 1.54) is 36.4 Å². The molecule has 2 aromatic carbocycles. The molecule has 12 heteroatoms. The minimum absolute atomic E-state index is 0.0778. The predicted molar refractivity (Wildman–Crippen MR) is 141 cm³/mol. The van der Waals surface area contributed by atoms with Crippen molar-refractivity contribution in [3.63, 3.8) is 0 Å². The Balaban J connectivity index is 1.58. The molecule has 0 aliphatic heterocycles. The maximum atomic E-state index is 14.4. The Bertz CT molecular complexity index is 1420. The molecule has 208 valence electrons. The second kappa shape index (κ2) is 12.6. The van der Waals surface area contributed by atoms with Crippen molar-refractivity contribution in [3.05, 3.63) is 70.7 Å². The number of sulfone groups is 1. The van der Waals surface area contributed by atoms with Crippen molar-refractivity contribution in [2.24, 2.45) is 0 Å². The lowest BCUT2D eigenvalue weighted by molar-refractivity contribution is -0.142. The standard InChI is InChI=1S/C27H28F2N2O6S2/c1-2-36-23(32)15-18-16-38-27(30-18)31-26(33)25(37-22-10-6-9-21(28)24(22)29)17-11-13-20(14-12-17)39(34,35)19-7-4-3-5-8-19/h6,9-14,16,19,25H,2-5,7-8,15H2,1H3,(H,30,31,33). The van der Waals surface area contributed by atoms with Gasteiger partial charge < -0.3 is 9.47 Å². The number of thiazole rings is 1. The molecule has 1 unspecified atom stereocenters. The van der Waals surface area contributed by atoms with Crippen molar-refractivity contribution in [1.82, 2.24) is 4.98 Å². The van der Waals surface area contributed by atoms with Gasteiger partial charge in [0, 0.05) is 10.9 Å². The molecule has 0 radical (unpaired) electrons. The second-order valence-electron chi connectivity index (χ2n) is 9.04. The van der Waals surface area contributed by atoms with Crippen molar-refractivity contribution >= 4 is 38.2 Å². The number of rotatable bonds is 10. The third-order valence-corrected chi connectivity index (χ3v) is 9.40. The van der Waals surface area contributed by atoms with Crippen LogP contribution in [0.3, 0.4) is 0 Å². The Morgan fingerprint density at radius 1 is 1.10 bits per heavy atom. The van der Waals surface area contributed by atoms with Crippen LogP contribution >= 0.6 is 11.3 Å². The molecular formula is C27H28F2N2O6S2. The molecule has 1 atom stereocenters. The molecule has 39 heavy (non-hydrogen) atoms. The van der Waals surface area contributed by atoms with E-state index >= 15 is 0 Å². The minimum atomic E-state index is -3.55. The van der Waals surface area contributed by atoms with Crippen LogP contribution in [0.1, 0.15) is 56.4 Å². The normalized spacial score (nSPS) is 14.9. The summed E-state index contributed by atoms with van der Waals surface area (Å²) in [5, 5.41) is 3.86. The molecule has 1 aliphatic carbocycles. The molecule has 3 aromatic rings. The lowest BCUT2D eigenvalue weighted by atomic mass is 10.0. The highest BCUT2D eigenvalue weighted by atomic mass is 32.2. The Kier molecular flexibility index (Phi) is 9.28. The maximum Gasteiger partial charge on any atom is 0.311 e. The molecule has 1 heterocycles. The first-order chi connectivity index (χ1) is 18.7. The molecule has 1 amide bonds. The van der Waals surface area contributed by atoms with Crippen molar-refractivity contribution in [2.75, 3.05) is 11.9 Å². The van der Waals surface area contributed by atoms with Gasteiger partial charge in [0.1, 0.15) is 0 Å². The van der Waals surface area contributed by atoms with Gasteiger partial charge in [0.05, 0.1) is 28.9 Å². The summed E-state index contributed by atoms with van der Waals surface area (Å²) in [7, 11) is -3.55. The third-order valence-electron chi connectivity index (χ3n) is 6.31. The molecule has 1 N–H and O–H groups in total. The van der Waals surface area contributed by atoms with E-state index < -0.39 is 50.5 Å². The Morgan fingerprint density at radius 3 is 2.51 bits per heavy atom. The number of carbonyl (C=O) groups is 2. The number of hydrogen-bond acceptors (Lipinski definition) is 8. The van der Waals surface area contributed by atoms with Gasteiger partial charge in [-0.1, -0.05) is 37.5 Å². The summed E-state index contributed by atoms with van der Waals surface area (Å²) in [6.45, 7) is 1.91. The number of anilines is 1. The highest BCUT2D eigenvalue weighted by molar-refractivity contribution is 7.92. The van der Waals surface area contributed by atoms with Crippen LogP contribution in [0.25, 0.3) is 0 Å². The lowest BCUT2D eigenvalue weighted by Gasteiger charge is -2.22. The summed E-state index contributed by atoms with van der Waals surface area (Å²) in [4.78, 5) is 29.3. The van der Waals surface area contributed by atoms with E-state index in [2.05, 4.69) is 10.3 Å². The first-order valence-corrected chi connectivity index (χ1v) is 15.0. The van der Waals surface area contributed by atoms with Crippen LogP contribution in [-0.2, 0) is 30.6 Å². The molecule has 1 aliphatic rings. The Morgan fingerprint density at radius 2 is 1.82 bits per heavy atom. The minimum Gasteiger partial charge on any atom is -0.473 e. The molecule has 1 fully saturated rings. The van der Waals surface area contributed by atoms with Gasteiger partial charge in [-0.2, -0.15) is 4.39 Å². The van der Waals surface area contributed by atoms with E-state index in [0.717, 1.165) is 36.7 Å². The summed E-state index contributed by atoms with van der Waals surface area (Å²) in [5.41, 5.74) is 0.613. The number of nitrogens with one attached hydrogen (secondary N) is 1. The van der Waals surface area contributed by atoms with E-state index in [1.54, 1.807) is 12.3 Å². The lowest BCUT2D eigenvalue weighted by Crippen LogP contribution is -2.26. The summed E-state index contributed by atoms with van der Waals surface area (Å²) in [6.07, 6.45) is 2.38. The zero-order valence-corrected chi connectivity index (χ0v) is 22.8. The zero-order valence-electron chi connectivity index (χ0n) is 21.2. The number of ether oxygens (including phenoxy) is 2. The number of hydrogen-bond donors (Lipinski definition) is 1. The van der Waals surface area contributed by atoms with Gasteiger partial charge >= 0.3 is 5.97 Å². The number of esters is 1. The average Bonchev–Trinajstić information content (AvgIpc) is 3.36. The quantitative estimate of drug-likeness (QED) is 0.321. The fourth-order valence-corrected chi connectivity index (χ4v) is 6.92. The number of amides is 1. The fourth-order valence-electron chi connectivity index (χ4n) is 4.35. The van der Waals surface area contributed by atoms with E-state index in [0.29, 0.717) is 18.5 Å². The molecule has 1 saturated carbocycles. The van der Waals surface area contributed by atoms with Crippen LogP contribution in [0.5, 0.6) is 5.75 Å². The monoisotopic (exact) mass is 578 g/mol. The second-order valence-corrected chi connectivity index (χ2v) is 12.1. The molecular weight excluding hydrogens is 550 g/mol. The van der Waals surface area contributed by atoms with Crippen LogP contribution < -0.4 is 10.1 Å². The number of carbonyl (C=O) groups excluding carboxylic acids is 2. The first-order valence-electron chi connectivity index (χ1n) is 12.5. The summed E-state index contributed by atoms with van der Waals surface area (Å²) < 4.78 is 65.0. The van der Waals surface area contributed by atoms with Gasteiger partial charge in [0.15, 0.2) is 26.5 Å². The van der Waals surface area contributed by atoms with Gasteiger partial charge in [-0.3, -0.25) is 14.9 Å². The molecule has 0 saturated heterocycles. The van der Waals surface area contributed by atoms with Gasteiger partial charge in [0.25, 0.3) is 5.91 Å². The summed E-state index contributed by atoms with van der Waals surface area (Å²) >= 11 is 1.06. The van der Waals surface area contributed by atoms with Crippen molar-refractivity contribution < 1.29 is 36.3 Å². The molecule has 0 bridgehead atoms. The fraction of sp³-hybridized carbons (Fsp3) is 0.370. The maximum absolute atomic E-state index is 14.4. The first kappa shape index (κ1) is 28.6. The summed E-state index contributed by atoms with van der Waals surface area (Å²) in [6, 6.07) is 8.98.